The van der Waals surface area contributed by atoms with Crippen molar-refractivity contribution in [2.75, 3.05) is 14.7 Å². The molecule has 0 unspecified atom stereocenters. The van der Waals surface area contributed by atoms with Gasteiger partial charge in [-0.2, -0.15) is 0 Å². The standard InChI is InChI=1S/C63H48BN3O3/c1-61(2)40-19-7-13-25-46(40)65(47-26-14-8-20-41(47)61)37-31-52-58-53(32-37)69-55-34-39(67-50-29-17-11-23-44(50)63(5,6)45-24-12-18-30-51(45)67)36-57-60(55)64(58)59-54(68-52)33-38(35-56(59)70-57)66-48-27-15-9-21-42(48)62(3,4)43-22-10-16-28-49(43)66/h7-36H,1-6H3. The van der Waals surface area contributed by atoms with Gasteiger partial charge < -0.3 is 28.9 Å². The molecule has 0 atom stereocenters. The van der Waals surface area contributed by atoms with Gasteiger partial charge in [-0.1, -0.05) is 151 Å². The fourth-order valence-corrected chi connectivity index (χ4v) is 13.1. The summed E-state index contributed by atoms with van der Waals surface area (Å²) in [5.74, 6) is 4.65. The Kier molecular flexibility index (Phi) is 7.70. The largest absolute Gasteiger partial charge is 0.458 e. The third-order valence-corrected chi connectivity index (χ3v) is 16.5. The summed E-state index contributed by atoms with van der Waals surface area (Å²) < 4.78 is 22.0. The summed E-state index contributed by atoms with van der Waals surface area (Å²) in [4.78, 5) is 7.18. The molecule has 0 N–H and O–H groups in total. The van der Waals surface area contributed by atoms with Crippen LogP contribution >= 0.6 is 0 Å². The number of para-hydroxylation sites is 6. The SMILES string of the molecule is CC1(C)c2ccccc2N(c2cc3c4c(c2)Oc2cc(N5c6ccccc6C(C)(C)c6ccccc65)cc5c2B4c2c(cc(N4c6ccccc6C(C)(C)c6ccccc64)cc2O5)O3)c2ccccc21. The van der Waals surface area contributed by atoms with E-state index in [4.69, 9.17) is 14.2 Å². The predicted octanol–water partition coefficient (Wildman–Crippen LogP) is 14.8. The summed E-state index contributed by atoms with van der Waals surface area (Å²) in [5.41, 5.74) is 19.8. The monoisotopic (exact) mass is 905 g/mol. The van der Waals surface area contributed by atoms with Gasteiger partial charge in [-0.15, -0.1) is 0 Å². The number of rotatable bonds is 3. The van der Waals surface area contributed by atoms with Gasteiger partial charge in [-0.25, -0.2) is 0 Å². The Morgan fingerprint density at radius 3 is 0.671 bits per heavy atom. The van der Waals surface area contributed by atoms with Gasteiger partial charge >= 0.3 is 0 Å². The third-order valence-electron chi connectivity index (χ3n) is 16.5. The van der Waals surface area contributed by atoms with Crippen molar-refractivity contribution >= 4 is 74.3 Å². The summed E-state index contributed by atoms with van der Waals surface area (Å²) >= 11 is 0. The van der Waals surface area contributed by atoms with Gasteiger partial charge in [0.25, 0.3) is 6.71 Å². The van der Waals surface area contributed by atoms with E-state index in [0.29, 0.717) is 0 Å². The number of ether oxygens (including phenoxy) is 3. The number of hydrogen-bond acceptors (Lipinski definition) is 6. The van der Waals surface area contributed by atoms with Crippen LogP contribution in [0.1, 0.15) is 74.9 Å². The Labute approximate surface area is 409 Å². The summed E-state index contributed by atoms with van der Waals surface area (Å²) in [6.07, 6.45) is 0. The first kappa shape index (κ1) is 39.8. The van der Waals surface area contributed by atoms with E-state index < -0.39 is 0 Å². The number of hydrogen-bond donors (Lipinski definition) is 0. The molecule has 0 radical (unpaired) electrons. The van der Waals surface area contributed by atoms with Crippen LogP contribution in [0.3, 0.4) is 0 Å². The van der Waals surface area contributed by atoms with Gasteiger partial charge in [0.05, 0.1) is 51.2 Å². The van der Waals surface area contributed by atoms with Crippen molar-refractivity contribution < 1.29 is 14.2 Å². The molecule has 9 aromatic rings. The molecule has 6 aliphatic rings. The lowest BCUT2D eigenvalue weighted by Gasteiger charge is -2.44. The van der Waals surface area contributed by atoms with Crippen LogP contribution in [-0.2, 0) is 16.2 Å². The summed E-state index contributed by atoms with van der Waals surface area (Å²) in [6.45, 7) is 13.8. The summed E-state index contributed by atoms with van der Waals surface area (Å²) in [6, 6.07) is 66.2. The third kappa shape index (κ3) is 5.09. The first-order valence-corrected chi connectivity index (χ1v) is 24.5. The fraction of sp³-hybridized carbons (Fsp3) is 0.143. The van der Waals surface area contributed by atoms with Crippen molar-refractivity contribution in [3.05, 3.63) is 215 Å². The van der Waals surface area contributed by atoms with Crippen molar-refractivity contribution in [3.63, 3.8) is 0 Å². The Morgan fingerprint density at radius 2 is 0.471 bits per heavy atom. The van der Waals surface area contributed by atoms with E-state index in [0.717, 1.165) is 102 Å². The van der Waals surface area contributed by atoms with Crippen LogP contribution in [0.15, 0.2) is 182 Å². The molecule has 336 valence electrons. The van der Waals surface area contributed by atoms with E-state index in [2.05, 4.69) is 238 Å². The van der Waals surface area contributed by atoms with Crippen LogP contribution in [0.25, 0.3) is 0 Å². The average molecular weight is 906 g/mol. The highest BCUT2D eigenvalue weighted by Gasteiger charge is 2.49. The zero-order valence-corrected chi connectivity index (χ0v) is 40.0. The fourth-order valence-electron chi connectivity index (χ4n) is 13.1. The molecule has 0 fully saturated rings. The van der Waals surface area contributed by atoms with Crippen molar-refractivity contribution in [2.24, 2.45) is 0 Å². The maximum absolute atomic E-state index is 7.34. The van der Waals surface area contributed by atoms with Crippen LogP contribution < -0.4 is 45.3 Å². The lowest BCUT2D eigenvalue weighted by Crippen LogP contribution is -2.59. The van der Waals surface area contributed by atoms with Crippen molar-refractivity contribution in [3.8, 4) is 34.5 Å². The number of nitrogens with zero attached hydrogens (tertiary/aromatic N) is 3. The first-order chi connectivity index (χ1) is 34.0. The van der Waals surface area contributed by atoms with Gasteiger partial charge in [0.2, 0.25) is 0 Å². The quantitative estimate of drug-likeness (QED) is 0.164. The number of fused-ring (bicyclic) bond motifs is 6. The van der Waals surface area contributed by atoms with Crippen molar-refractivity contribution in [1.82, 2.24) is 0 Å². The van der Waals surface area contributed by atoms with Crippen LogP contribution in [0, 0.1) is 0 Å². The molecule has 0 bridgehead atoms. The summed E-state index contributed by atoms with van der Waals surface area (Å²) in [7, 11) is 0. The van der Waals surface area contributed by atoms with Gasteiger partial charge in [0.1, 0.15) is 34.5 Å². The molecule has 0 amide bonds. The molecule has 0 saturated heterocycles. The molecular formula is C63H48BN3O3. The minimum atomic E-state index is -0.208. The highest BCUT2D eigenvalue weighted by Crippen LogP contribution is 2.58. The minimum absolute atomic E-state index is 0.201. The topological polar surface area (TPSA) is 37.4 Å². The Bertz CT molecular complexity index is 3190. The van der Waals surface area contributed by atoms with Crippen LogP contribution in [-0.4, -0.2) is 6.71 Å². The Hall–Kier alpha value is -8.16. The van der Waals surface area contributed by atoms with E-state index in [1.807, 2.05) is 0 Å². The first-order valence-electron chi connectivity index (χ1n) is 24.5. The van der Waals surface area contributed by atoms with Gasteiger partial charge in [-0.3, -0.25) is 0 Å². The zero-order valence-electron chi connectivity index (χ0n) is 40.0. The maximum Gasteiger partial charge on any atom is 0.270 e. The van der Waals surface area contributed by atoms with Gasteiger partial charge in [0.15, 0.2) is 0 Å². The molecule has 70 heavy (non-hydrogen) atoms. The lowest BCUT2D eigenvalue weighted by atomic mass is 9.34. The van der Waals surface area contributed by atoms with Crippen LogP contribution in [0.5, 0.6) is 34.5 Å². The average Bonchev–Trinajstić information content (AvgIpc) is 3.36. The van der Waals surface area contributed by atoms with Crippen molar-refractivity contribution in [1.29, 1.82) is 0 Å². The molecule has 6 aliphatic heterocycles. The lowest BCUT2D eigenvalue weighted by molar-refractivity contribution is 0.443. The molecule has 7 heteroatoms. The molecule has 0 aliphatic carbocycles. The smallest absolute Gasteiger partial charge is 0.270 e. The molecule has 6 nitrogen and oxygen atoms in total. The predicted molar refractivity (Wildman–Crippen MR) is 285 cm³/mol. The second-order valence-corrected chi connectivity index (χ2v) is 21.3. The molecule has 0 aromatic heterocycles. The second-order valence-electron chi connectivity index (χ2n) is 21.3. The number of anilines is 9. The molecule has 9 aromatic carbocycles. The van der Waals surface area contributed by atoms with Gasteiger partial charge in [0, 0.05) is 69.0 Å². The molecular weight excluding hydrogens is 858 g/mol. The maximum atomic E-state index is 7.34. The minimum Gasteiger partial charge on any atom is -0.458 e. The van der Waals surface area contributed by atoms with Crippen LogP contribution in [0.2, 0.25) is 0 Å². The van der Waals surface area contributed by atoms with E-state index in [1.165, 1.54) is 33.4 Å². The highest BCUT2D eigenvalue weighted by molar-refractivity contribution is 6.99. The van der Waals surface area contributed by atoms with Crippen LogP contribution in [0.4, 0.5) is 51.2 Å². The van der Waals surface area contributed by atoms with E-state index >= 15 is 0 Å². The molecule has 0 saturated carbocycles. The normalized spacial score (nSPS) is 16.7. The Balaban J connectivity index is 0.983. The zero-order chi connectivity index (χ0) is 47.0. The number of benzene rings is 9. The van der Waals surface area contributed by atoms with E-state index in [-0.39, 0.29) is 23.0 Å². The summed E-state index contributed by atoms with van der Waals surface area (Å²) in [5, 5.41) is 0. The van der Waals surface area contributed by atoms with Crippen molar-refractivity contribution in [2.45, 2.75) is 57.8 Å². The van der Waals surface area contributed by atoms with E-state index in [1.54, 1.807) is 0 Å². The Morgan fingerprint density at radius 1 is 0.286 bits per heavy atom. The second kappa shape index (κ2) is 13.5. The van der Waals surface area contributed by atoms with E-state index in [9.17, 15) is 0 Å². The molecule has 6 heterocycles. The van der Waals surface area contributed by atoms with Gasteiger partial charge in [-0.05, 0) is 69.8 Å². The highest BCUT2D eigenvalue weighted by atomic mass is 16.5. The molecule has 15 rings (SSSR count). The molecule has 0 spiro atoms.